The van der Waals surface area contributed by atoms with Crippen molar-refractivity contribution in [1.82, 2.24) is 0 Å². The van der Waals surface area contributed by atoms with Crippen LogP contribution < -0.4 is 9.64 Å². The zero-order chi connectivity index (χ0) is 14.4. The third-order valence-corrected chi connectivity index (χ3v) is 3.65. The molecule has 0 heterocycles. The lowest BCUT2D eigenvalue weighted by molar-refractivity contribution is 0.225. The topological polar surface area (TPSA) is 32.7 Å². The van der Waals surface area contributed by atoms with Crippen LogP contribution in [0, 0.1) is 5.92 Å². The zero-order valence-electron chi connectivity index (χ0n) is 12.8. The Balaban J connectivity index is 2.98. The van der Waals surface area contributed by atoms with Crippen LogP contribution in [0.2, 0.25) is 0 Å². The van der Waals surface area contributed by atoms with Crippen LogP contribution in [-0.4, -0.2) is 32.4 Å². The Morgan fingerprint density at radius 1 is 1.32 bits per heavy atom. The van der Waals surface area contributed by atoms with E-state index in [0.29, 0.717) is 11.8 Å². The van der Waals surface area contributed by atoms with Gasteiger partial charge in [-0.3, -0.25) is 0 Å². The van der Waals surface area contributed by atoms with Crippen LogP contribution in [0.4, 0.5) is 5.69 Å². The largest absolute Gasteiger partial charge is 0.495 e. The van der Waals surface area contributed by atoms with Crippen molar-refractivity contribution in [3.8, 4) is 5.75 Å². The summed E-state index contributed by atoms with van der Waals surface area (Å²) in [5, 5.41) is 9.33. The molecule has 108 valence electrons. The number of benzene rings is 1. The van der Waals surface area contributed by atoms with Crippen LogP contribution in [-0.2, 0) is 0 Å². The molecule has 0 saturated heterocycles. The van der Waals surface area contributed by atoms with Gasteiger partial charge in [0.05, 0.1) is 12.8 Å². The Hall–Kier alpha value is -1.22. The average molecular weight is 265 g/mol. The quantitative estimate of drug-likeness (QED) is 0.821. The van der Waals surface area contributed by atoms with Crippen LogP contribution in [0.25, 0.3) is 0 Å². The second kappa shape index (κ2) is 7.39. The Morgan fingerprint density at radius 2 is 2.00 bits per heavy atom. The molecule has 1 aromatic rings. The SMILES string of the molecule is CCC(CO)CN(C)c1cc(C(C)C)ccc1OC. The predicted octanol–water partition coefficient (Wildman–Crippen LogP) is 3.27. The number of aliphatic hydroxyl groups is 1. The second-order valence-corrected chi connectivity index (χ2v) is 5.42. The molecule has 0 aliphatic carbocycles. The van der Waals surface area contributed by atoms with E-state index in [1.165, 1.54) is 5.56 Å². The average Bonchev–Trinajstić information content (AvgIpc) is 2.43. The number of hydrogen-bond donors (Lipinski definition) is 1. The highest BCUT2D eigenvalue weighted by Crippen LogP contribution is 2.31. The summed E-state index contributed by atoms with van der Waals surface area (Å²) in [6, 6.07) is 6.33. The van der Waals surface area contributed by atoms with Gasteiger partial charge in [0, 0.05) is 20.2 Å². The van der Waals surface area contributed by atoms with Gasteiger partial charge in [-0.05, 0) is 36.0 Å². The van der Waals surface area contributed by atoms with Crippen molar-refractivity contribution in [1.29, 1.82) is 0 Å². The van der Waals surface area contributed by atoms with E-state index in [9.17, 15) is 5.11 Å². The van der Waals surface area contributed by atoms with E-state index >= 15 is 0 Å². The van der Waals surface area contributed by atoms with Gasteiger partial charge < -0.3 is 14.7 Å². The molecule has 1 aromatic carbocycles. The van der Waals surface area contributed by atoms with Gasteiger partial charge in [0.25, 0.3) is 0 Å². The molecule has 0 spiro atoms. The Labute approximate surface area is 117 Å². The summed E-state index contributed by atoms with van der Waals surface area (Å²) in [6.07, 6.45) is 0.979. The van der Waals surface area contributed by atoms with Crippen molar-refractivity contribution in [2.24, 2.45) is 5.92 Å². The number of methoxy groups -OCH3 is 1. The summed E-state index contributed by atoms with van der Waals surface area (Å²) in [5.41, 5.74) is 2.40. The number of nitrogens with zero attached hydrogens (tertiary/aromatic N) is 1. The van der Waals surface area contributed by atoms with Crippen molar-refractivity contribution in [2.45, 2.75) is 33.1 Å². The van der Waals surface area contributed by atoms with Crippen LogP contribution in [0.5, 0.6) is 5.75 Å². The highest BCUT2D eigenvalue weighted by Gasteiger charge is 2.14. The third-order valence-electron chi connectivity index (χ3n) is 3.65. The summed E-state index contributed by atoms with van der Waals surface area (Å²) in [5.74, 6) is 1.69. The Morgan fingerprint density at radius 3 is 2.47 bits per heavy atom. The van der Waals surface area contributed by atoms with E-state index in [1.54, 1.807) is 7.11 Å². The first-order valence-electron chi connectivity index (χ1n) is 7.03. The summed E-state index contributed by atoms with van der Waals surface area (Å²) in [4.78, 5) is 2.18. The predicted molar refractivity (Wildman–Crippen MR) is 81.2 cm³/mol. The summed E-state index contributed by atoms with van der Waals surface area (Å²) in [6.45, 7) is 7.55. The Kier molecular flexibility index (Phi) is 6.16. The molecule has 0 radical (unpaired) electrons. The zero-order valence-corrected chi connectivity index (χ0v) is 12.8. The lowest BCUT2D eigenvalue weighted by Gasteiger charge is -2.26. The highest BCUT2D eigenvalue weighted by molar-refractivity contribution is 5.60. The summed E-state index contributed by atoms with van der Waals surface area (Å²) in [7, 11) is 3.76. The standard InChI is InChI=1S/C16H27NO2/c1-6-13(11-18)10-17(4)15-9-14(12(2)3)7-8-16(15)19-5/h7-9,12-13,18H,6,10-11H2,1-5H3. The van der Waals surface area contributed by atoms with E-state index in [-0.39, 0.29) is 6.61 Å². The molecule has 1 unspecified atom stereocenters. The molecular weight excluding hydrogens is 238 g/mol. The summed E-state index contributed by atoms with van der Waals surface area (Å²) >= 11 is 0. The van der Waals surface area contributed by atoms with Gasteiger partial charge in [-0.1, -0.05) is 26.8 Å². The van der Waals surface area contributed by atoms with E-state index < -0.39 is 0 Å². The van der Waals surface area contributed by atoms with Gasteiger partial charge in [0.15, 0.2) is 0 Å². The van der Waals surface area contributed by atoms with Gasteiger partial charge in [-0.15, -0.1) is 0 Å². The minimum Gasteiger partial charge on any atom is -0.495 e. The molecule has 0 bridgehead atoms. The molecule has 1 atom stereocenters. The van der Waals surface area contributed by atoms with Gasteiger partial charge in [-0.25, -0.2) is 0 Å². The maximum absolute atomic E-state index is 9.33. The first kappa shape index (κ1) is 15.8. The molecule has 0 saturated carbocycles. The summed E-state index contributed by atoms with van der Waals surface area (Å²) < 4.78 is 5.45. The fourth-order valence-electron chi connectivity index (χ4n) is 2.17. The fraction of sp³-hybridized carbons (Fsp3) is 0.625. The number of anilines is 1. The second-order valence-electron chi connectivity index (χ2n) is 5.42. The van der Waals surface area contributed by atoms with Crippen molar-refractivity contribution < 1.29 is 9.84 Å². The molecule has 0 aliphatic rings. The molecule has 0 aliphatic heterocycles. The number of hydrogen-bond acceptors (Lipinski definition) is 3. The van der Waals surface area contributed by atoms with Crippen LogP contribution >= 0.6 is 0 Å². The normalized spacial score (nSPS) is 12.6. The van der Waals surface area contributed by atoms with E-state index in [1.807, 2.05) is 6.07 Å². The molecule has 1 rings (SSSR count). The van der Waals surface area contributed by atoms with Crippen molar-refractivity contribution in [2.75, 3.05) is 32.2 Å². The smallest absolute Gasteiger partial charge is 0.142 e. The third kappa shape index (κ3) is 4.13. The number of aliphatic hydroxyl groups excluding tert-OH is 1. The first-order valence-corrected chi connectivity index (χ1v) is 7.03. The van der Waals surface area contributed by atoms with Crippen LogP contribution in [0.3, 0.4) is 0 Å². The maximum atomic E-state index is 9.33. The lowest BCUT2D eigenvalue weighted by Crippen LogP contribution is -2.27. The molecule has 3 heteroatoms. The van der Waals surface area contributed by atoms with Crippen LogP contribution in [0.15, 0.2) is 18.2 Å². The van der Waals surface area contributed by atoms with Gasteiger partial charge in [-0.2, -0.15) is 0 Å². The maximum Gasteiger partial charge on any atom is 0.142 e. The first-order chi connectivity index (χ1) is 9.03. The highest BCUT2D eigenvalue weighted by atomic mass is 16.5. The minimum absolute atomic E-state index is 0.229. The number of rotatable bonds is 7. The molecule has 0 amide bonds. The lowest BCUT2D eigenvalue weighted by atomic mass is 10.0. The molecule has 0 fully saturated rings. The van der Waals surface area contributed by atoms with E-state index in [2.05, 4.69) is 44.9 Å². The molecule has 1 N–H and O–H groups in total. The monoisotopic (exact) mass is 265 g/mol. The van der Waals surface area contributed by atoms with Crippen molar-refractivity contribution >= 4 is 5.69 Å². The molecule has 3 nitrogen and oxygen atoms in total. The van der Waals surface area contributed by atoms with Gasteiger partial charge >= 0.3 is 0 Å². The molecule has 0 aromatic heterocycles. The minimum atomic E-state index is 0.229. The Bertz CT molecular complexity index is 386. The molecular formula is C16H27NO2. The fourth-order valence-corrected chi connectivity index (χ4v) is 2.17. The van der Waals surface area contributed by atoms with Gasteiger partial charge in [0.2, 0.25) is 0 Å². The van der Waals surface area contributed by atoms with E-state index in [4.69, 9.17) is 4.74 Å². The van der Waals surface area contributed by atoms with Crippen molar-refractivity contribution in [3.05, 3.63) is 23.8 Å². The number of ether oxygens (including phenoxy) is 1. The molecule has 19 heavy (non-hydrogen) atoms. The van der Waals surface area contributed by atoms with Crippen LogP contribution in [0.1, 0.15) is 38.7 Å². The van der Waals surface area contributed by atoms with Gasteiger partial charge in [0.1, 0.15) is 5.75 Å². The van der Waals surface area contributed by atoms with Crippen molar-refractivity contribution in [3.63, 3.8) is 0 Å². The van der Waals surface area contributed by atoms with E-state index in [0.717, 1.165) is 24.4 Å².